The predicted octanol–water partition coefficient (Wildman–Crippen LogP) is 7.39. The van der Waals surface area contributed by atoms with Gasteiger partial charge in [-0.25, -0.2) is 4.79 Å². The number of hydrogen-bond acceptors (Lipinski definition) is 3. The second-order valence-corrected chi connectivity index (χ2v) is 10.8. The van der Waals surface area contributed by atoms with E-state index < -0.39 is 5.97 Å². The maximum absolute atomic E-state index is 12.6. The fourth-order valence-electron chi connectivity index (χ4n) is 5.78. The number of alkyl halides is 1. The first-order valence-corrected chi connectivity index (χ1v) is 13.7. The van der Waals surface area contributed by atoms with Crippen LogP contribution in [0.2, 0.25) is 5.02 Å². The van der Waals surface area contributed by atoms with Gasteiger partial charge in [0.25, 0.3) is 0 Å². The molecular weight excluding hydrogens is 501 g/mol. The van der Waals surface area contributed by atoms with E-state index in [9.17, 15) is 14.3 Å². The van der Waals surface area contributed by atoms with E-state index in [4.69, 9.17) is 16.3 Å². The molecule has 6 heteroatoms. The second-order valence-electron chi connectivity index (χ2n) is 10.3. The van der Waals surface area contributed by atoms with Crippen LogP contribution in [-0.4, -0.2) is 48.4 Å². The molecule has 38 heavy (non-hydrogen) atoms. The average Bonchev–Trinajstić information content (AvgIpc) is 3.29. The Balaban J connectivity index is 1.58. The average molecular weight is 534 g/mol. The number of carbonyl (C=O) groups is 1. The lowest BCUT2D eigenvalue weighted by atomic mass is 9.84. The highest BCUT2D eigenvalue weighted by Crippen LogP contribution is 2.43. The summed E-state index contributed by atoms with van der Waals surface area (Å²) in [6.07, 6.45) is 3.24. The first-order chi connectivity index (χ1) is 18.4. The fourth-order valence-corrected chi connectivity index (χ4v) is 5.97. The molecule has 1 aliphatic heterocycles. The summed E-state index contributed by atoms with van der Waals surface area (Å²) in [5, 5.41) is 10.3. The summed E-state index contributed by atoms with van der Waals surface area (Å²) >= 11 is 6.43. The molecule has 3 aromatic rings. The van der Waals surface area contributed by atoms with E-state index in [1.54, 1.807) is 6.07 Å². The van der Waals surface area contributed by atoms with Crippen molar-refractivity contribution in [1.29, 1.82) is 0 Å². The number of carboxylic acids is 1. The van der Waals surface area contributed by atoms with Gasteiger partial charge >= 0.3 is 5.97 Å². The number of aryl methyl sites for hydroxylation is 1. The van der Waals surface area contributed by atoms with Gasteiger partial charge in [-0.05, 0) is 101 Å². The number of allylic oxidation sites excluding steroid dienone is 1. The number of fused-ring (bicyclic) bond motifs is 1. The molecule has 1 fully saturated rings. The molecule has 0 bridgehead atoms. The number of nitrogens with zero attached hydrogens (tertiary/aromatic N) is 1. The van der Waals surface area contributed by atoms with Crippen LogP contribution in [-0.2, 0) is 6.42 Å². The van der Waals surface area contributed by atoms with Crippen molar-refractivity contribution >= 4 is 28.7 Å². The Hall–Kier alpha value is -3.15. The minimum absolute atomic E-state index is 0.0738. The molecule has 1 unspecified atom stereocenters. The number of hydrogen-bond donors (Lipinski definition) is 1. The number of rotatable bonds is 8. The van der Waals surface area contributed by atoms with Gasteiger partial charge < -0.3 is 9.84 Å². The molecule has 0 radical (unpaired) electrons. The van der Waals surface area contributed by atoms with E-state index in [0.717, 1.165) is 72.5 Å². The molecular formula is C32H33ClFNO3. The molecule has 1 saturated heterocycles. The third-order valence-corrected chi connectivity index (χ3v) is 7.86. The van der Waals surface area contributed by atoms with Crippen molar-refractivity contribution in [1.82, 2.24) is 4.90 Å². The Morgan fingerprint density at radius 2 is 1.89 bits per heavy atom. The zero-order valence-electron chi connectivity index (χ0n) is 21.6. The Bertz CT molecular complexity index is 1350. The molecule has 0 amide bonds. The van der Waals surface area contributed by atoms with E-state index in [1.165, 1.54) is 5.57 Å². The van der Waals surface area contributed by atoms with Crippen molar-refractivity contribution in [3.8, 4) is 5.75 Å². The fraction of sp³-hybridized carbons (Fsp3) is 0.344. The number of halogens is 2. The molecule has 5 rings (SSSR count). The molecule has 4 nitrogen and oxygen atoms in total. The van der Waals surface area contributed by atoms with Gasteiger partial charge in [-0.3, -0.25) is 9.29 Å². The van der Waals surface area contributed by atoms with Gasteiger partial charge in [-0.15, -0.1) is 0 Å². The van der Waals surface area contributed by atoms with Crippen molar-refractivity contribution in [2.24, 2.45) is 5.92 Å². The zero-order valence-corrected chi connectivity index (χ0v) is 22.4. The zero-order chi connectivity index (χ0) is 26.6. The SMILES string of the molecule is CC1CCc2cc(C(=O)O)ccc2C(c2cccc(O[C@@H]3CCN(CCCF)C3)c2)=C1c1cccc(Cl)c1. The Labute approximate surface area is 228 Å². The van der Waals surface area contributed by atoms with Crippen LogP contribution < -0.4 is 4.74 Å². The second kappa shape index (κ2) is 11.7. The minimum Gasteiger partial charge on any atom is -0.489 e. The van der Waals surface area contributed by atoms with E-state index in [2.05, 4.69) is 30.0 Å². The van der Waals surface area contributed by atoms with E-state index >= 15 is 0 Å². The highest BCUT2D eigenvalue weighted by molar-refractivity contribution is 6.30. The standard InChI is InChI=1S/C32H33ClFNO3/c1-21-9-10-22-17-25(32(36)37)11-12-29(22)31(30(21)23-5-2-7-26(33)18-23)24-6-3-8-27(19-24)38-28-13-16-35(20-28)15-4-14-34/h2-3,5-8,11-12,17-19,21,28H,4,9-10,13-16,20H2,1H3,(H,36,37)/t21?,28-/m1/s1. The monoisotopic (exact) mass is 533 g/mol. The Morgan fingerprint density at radius 1 is 1.08 bits per heavy atom. The Morgan fingerprint density at radius 3 is 2.68 bits per heavy atom. The van der Waals surface area contributed by atoms with Crippen molar-refractivity contribution in [3.05, 3.63) is 99.6 Å². The maximum atomic E-state index is 12.6. The van der Waals surface area contributed by atoms with Crippen molar-refractivity contribution in [2.45, 2.75) is 38.7 Å². The smallest absolute Gasteiger partial charge is 0.335 e. The number of aromatic carboxylic acids is 1. The molecule has 0 aromatic heterocycles. The molecule has 1 heterocycles. The van der Waals surface area contributed by atoms with Crippen LogP contribution in [0.5, 0.6) is 5.75 Å². The van der Waals surface area contributed by atoms with Crippen molar-refractivity contribution in [2.75, 3.05) is 26.3 Å². The molecule has 3 aromatic carbocycles. The largest absolute Gasteiger partial charge is 0.489 e. The lowest BCUT2D eigenvalue weighted by Crippen LogP contribution is -2.26. The topological polar surface area (TPSA) is 49.8 Å². The van der Waals surface area contributed by atoms with Crippen LogP contribution in [0.3, 0.4) is 0 Å². The molecule has 1 aliphatic carbocycles. The van der Waals surface area contributed by atoms with Crippen LogP contribution in [0, 0.1) is 5.92 Å². The van der Waals surface area contributed by atoms with E-state index in [0.29, 0.717) is 17.0 Å². The highest BCUT2D eigenvalue weighted by Gasteiger charge is 2.27. The predicted molar refractivity (Wildman–Crippen MR) is 151 cm³/mol. The van der Waals surface area contributed by atoms with Gasteiger partial charge in [0.2, 0.25) is 0 Å². The Kier molecular flexibility index (Phi) is 8.15. The molecule has 0 saturated carbocycles. The van der Waals surface area contributed by atoms with Gasteiger partial charge in [-0.1, -0.05) is 48.9 Å². The summed E-state index contributed by atoms with van der Waals surface area (Å²) in [4.78, 5) is 14.0. The summed E-state index contributed by atoms with van der Waals surface area (Å²) in [7, 11) is 0. The summed E-state index contributed by atoms with van der Waals surface area (Å²) in [5.74, 6) is 0.115. The first kappa shape index (κ1) is 26.5. The first-order valence-electron chi connectivity index (χ1n) is 13.3. The lowest BCUT2D eigenvalue weighted by molar-refractivity contribution is 0.0696. The number of carboxylic acid groups (broad SMARTS) is 1. The molecule has 2 atom stereocenters. The normalized spacial score (nSPS) is 19.8. The third-order valence-electron chi connectivity index (χ3n) is 7.63. The molecule has 0 spiro atoms. The summed E-state index contributed by atoms with van der Waals surface area (Å²) in [5.41, 5.74) is 6.77. The summed E-state index contributed by atoms with van der Waals surface area (Å²) < 4.78 is 19.0. The van der Waals surface area contributed by atoms with Gasteiger partial charge in [0.1, 0.15) is 11.9 Å². The molecule has 1 N–H and O–H groups in total. The molecule has 198 valence electrons. The summed E-state index contributed by atoms with van der Waals surface area (Å²) in [6.45, 7) is 4.43. The maximum Gasteiger partial charge on any atom is 0.335 e. The van der Waals surface area contributed by atoms with Gasteiger partial charge in [-0.2, -0.15) is 0 Å². The third kappa shape index (κ3) is 5.79. The minimum atomic E-state index is -0.918. The van der Waals surface area contributed by atoms with E-state index in [-0.39, 0.29) is 18.7 Å². The van der Waals surface area contributed by atoms with Crippen molar-refractivity contribution < 1.29 is 19.0 Å². The van der Waals surface area contributed by atoms with Gasteiger partial charge in [0.05, 0.1) is 12.2 Å². The number of ether oxygens (including phenoxy) is 1. The van der Waals surface area contributed by atoms with Crippen molar-refractivity contribution in [3.63, 3.8) is 0 Å². The highest BCUT2D eigenvalue weighted by atomic mass is 35.5. The number of likely N-dealkylation sites (tertiary alicyclic amines) is 1. The molecule has 2 aliphatic rings. The van der Waals surface area contributed by atoms with E-state index in [1.807, 2.05) is 42.5 Å². The number of benzene rings is 3. The van der Waals surface area contributed by atoms with Crippen LogP contribution in [0.25, 0.3) is 11.1 Å². The quantitative estimate of drug-likeness (QED) is 0.328. The summed E-state index contributed by atoms with van der Waals surface area (Å²) in [6, 6.07) is 21.6. The van der Waals surface area contributed by atoms with Crippen LogP contribution >= 0.6 is 11.6 Å². The van der Waals surface area contributed by atoms with Crippen LogP contribution in [0.15, 0.2) is 66.7 Å². The van der Waals surface area contributed by atoms with Crippen LogP contribution in [0.1, 0.15) is 58.8 Å². The van der Waals surface area contributed by atoms with Gasteiger partial charge in [0, 0.05) is 24.7 Å². The lowest BCUT2D eigenvalue weighted by Gasteiger charge is -2.22. The van der Waals surface area contributed by atoms with Gasteiger partial charge in [0.15, 0.2) is 0 Å². The van der Waals surface area contributed by atoms with Crippen LogP contribution in [0.4, 0.5) is 4.39 Å².